The van der Waals surface area contributed by atoms with Crippen LogP contribution >= 0.6 is 0 Å². The van der Waals surface area contributed by atoms with Gasteiger partial charge in [0.05, 0.1) is 16.7 Å². The highest BCUT2D eigenvalue weighted by molar-refractivity contribution is 7.92. The van der Waals surface area contributed by atoms with Crippen molar-refractivity contribution in [2.75, 3.05) is 30.6 Å². The number of fused-ring (bicyclic) bond motifs is 1. The van der Waals surface area contributed by atoms with Gasteiger partial charge in [0.15, 0.2) is 6.61 Å². The van der Waals surface area contributed by atoms with Gasteiger partial charge in [-0.3, -0.25) is 9.10 Å². The van der Waals surface area contributed by atoms with Crippen LogP contribution in [0.15, 0.2) is 47.4 Å². The van der Waals surface area contributed by atoms with Gasteiger partial charge in [-0.1, -0.05) is 18.2 Å². The lowest BCUT2D eigenvalue weighted by Crippen LogP contribution is -2.35. The number of ether oxygens (including phenoxy) is 2. The number of carbonyl (C=O) groups excluding carboxylic acids is 1. The fourth-order valence-electron chi connectivity index (χ4n) is 3.63. The van der Waals surface area contributed by atoms with Crippen LogP contribution < -0.4 is 14.4 Å². The van der Waals surface area contributed by atoms with Crippen LogP contribution in [0.3, 0.4) is 0 Å². The molecule has 2 aromatic rings. The van der Waals surface area contributed by atoms with Gasteiger partial charge in [-0.15, -0.1) is 0 Å². The Kier molecular flexibility index (Phi) is 8.15. The molecule has 3 rings (SSSR count). The van der Waals surface area contributed by atoms with Gasteiger partial charge in [-0.25, -0.2) is 8.42 Å². The van der Waals surface area contributed by atoms with Crippen LogP contribution in [0.1, 0.15) is 37.8 Å². The second-order valence-corrected chi connectivity index (χ2v) is 10.0. The van der Waals surface area contributed by atoms with Crippen LogP contribution in [0.2, 0.25) is 0 Å². The highest BCUT2D eigenvalue weighted by atomic mass is 32.2. The highest BCUT2D eigenvalue weighted by Crippen LogP contribution is 2.33. The van der Waals surface area contributed by atoms with Crippen molar-refractivity contribution in [3.8, 4) is 5.75 Å². The molecular formula is C24H32N2O5S. The van der Waals surface area contributed by atoms with E-state index in [0.717, 1.165) is 30.5 Å². The molecule has 174 valence electrons. The molecule has 1 aliphatic rings. The summed E-state index contributed by atoms with van der Waals surface area (Å²) in [5.74, 6) is 0.261. The van der Waals surface area contributed by atoms with Gasteiger partial charge < -0.3 is 14.8 Å². The molecule has 0 bridgehead atoms. The summed E-state index contributed by atoms with van der Waals surface area (Å²) in [7, 11) is -3.68. The topological polar surface area (TPSA) is 84.9 Å². The molecule has 1 amide bonds. The molecule has 0 fully saturated rings. The normalized spacial score (nSPS) is 13.7. The first-order valence-corrected chi connectivity index (χ1v) is 12.5. The van der Waals surface area contributed by atoms with E-state index in [1.165, 1.54) is 10.4 Å². The number of nitrogens with one attached hydrogen (secondary N) is 1. The molecule has 0 atom stereocenters. The Morgan fingerprint density at radius 3 is 2.72 bits per heavy atom. The summed E-state index contributed by atoms with van der Waals surface area (Å²) < 4.78 is 39.1. The van der Waals surface area contributed by atoms with E-state index in [4.69, 9.17) is 9.47 Å². The Bertz CT molecular complexity index is 1040. The van der Waals surface area contributed by atoms with Gasteiger partial charge in [0.2, 0.25) is 0 Å². The van der Waals surface area contributed by atoms with Crippen LogP contribution in [-0.2, 0) is 26.0 Å². The van der Waals surface area contributed by atoms with E-state index >= 15 is 0 Å². The van der Waals surface area contributed by atoms with Gasteiger partial charge in [0.1, 0.15) is 5.75 Å². The summed E-state index contributed by atoms with van der Waals surface area (Å²) in [6, 6.07) is 12.4. The molecule has 1 heterocycles. The molecule has 0 unspecified atom stereocenters. The second kappa shape index (κ2) is 10.8. The molecule has 0 saturated carbocycles. The van der Waals surface area contributed by atoms with Gasteiger partial charge >= 0.3 is 0 Å². The lowest BCUT2D eigenvalue weighted by atomic mass is 10.0. The lowest BCUT2D eigenvalue weighted by molar-refractivity contribution is -0.123. The Morgan fingerprint density at radius 1 is 1.19 bits per heavy atom. The van der Waals surface area contributed by atoms with Crippen molar-refractivity contribution in [2.45, 2.75) is 51.0 Å². The SMILES string of the molecule is Cc1cc(S(=O)(=O)N2CCCc3ccccc32)ccc1OCC(=O)NCCCOC(C)C. The number of nitrogens with zero attached hydrogens (tertiary/aromatic N) is 1. The quantitative estimate of drug-likeness (QED) is 0.549. The fourth-order valence-corrected chi connectivity index (χ4v) is 5.26. The van der Waals surface area contributed by atoms with E-state index in [1.54, 1.807) is 19.1 Å². The van der Waals surface area contributed by atoms with Gasteiger partial charge in [0.25, 0.3) is 15.9 Å². The third kappa shape index (κ3) is 6.01. The average molecular weight is 461 g/mol. The monoisotopic (exact) mass is 460 g/mol. The average Bonchev–Trinajstić information content (AvgIpc) is 2.77. The number of hydrogen-bond donors (Lipinski definition) is 1. The molecule has 0 aliphatic carbocycles. The largest absolute Gasteiger partial charge is 0.484 e. The van der Waals surface area contributed by atoms with Crippen molar-refractivity contribution in [1.29, 1.82) is 0 Å². The number of sulfonamides is 1. The van der Waals surface area contributed by atoms with Crippen molar-refractivity contribution in [1.82, 2.24) is 5.32 Å². The molecule has 1 aliphatic heterocycles. The van der Waals surface area contributed by atoms with Crippen LogP contribution in [0.4, 0.5) is 5.69 Å². The molecule has 2 aromatic carbocycles. The second-order valence-electron chi connectivity index (χ2n) is 8.15. The van der Waals surface area contributed by atoms with Crippen molar-refractivity contribution >= 4 is 21.6 Å². The summed E-state index contributed by atoms with van der Waals surface area (Å²) in [5, 5.41) is 2.79. The number of para-hydroxylation sites is 1. The molecule has 1 N–H and O–H groups in total. The smallest absolute Gasteiger partial charge is 0.264 e. The summed E-state index contributed by atoms with van der Waals surface area (Å²) >= 11 is 0. The van der Waals surface area contributed by atoms with Crippen molar-refractivity contribution in [2.24, 2.45) is 0 Å². The summed E-state index contributed by atoms with van der Waals surface area (Å²) in [4.78, 5) is 12.2. The minimum Gasteiger partial charge on any atom is -0.484 e. The Balaban J connectivity index is 1.60. The molecule has 0 radical (unpaired) electrons. The fraction of sp³-hybridized carbons (Fsp3) is 0.458. The van der Waals surface area contributed by atoms with Crippen LogP contribution in [0, 0.1) is 6.92 Å². The van der Waals surface area contributed by atoms with E-state index in [0.29, 0.717) is 31.0 Å². The minimum absolute atomic E-state index is 0.128. The molecular weight excluding hydrogens is 428 g/mol. The number of rotatable bonds is 10. The first-order chi connectivity index (χ1) is 15.3. The summed E-state index contributed by atoms with van der Waals surface area (Å²) in [5.41, 5.74) is 2.45. The number of aryl methyl sites for hydroxylation is 2. The van der Waals surface area contributed by atoms with Crippen LogP contribution in [0.5, 0.6) is 5.75 Å². The van der Waals surface area contributed by atoms with Crippen molar-refractivity contribution in [3.05, 3.63) is 53.6 Å². The molecule has 0 saturated heterocycles. The van der Waals surface area contributed by atoms with Crippen molar-refractivity contribution < 1.29 is 22.7 Å². The van der Waals surface area contributed by atoms with E-state index in [2.05, 4.69) is 5.32 Å². The number of amides is 1. The van der Waals surface area contributed by atoms with Gasteiger partial charge in [0, 0.05) is 19.7 Å². The van der Waals surface area contributed by atoms with Crippen molar-refractivity contribution in [3.63, 3.8) is 0 Å². The molecule has 8 heteroatoms. The minimum atomic E-state index is -3.68. The molecule has 7 nitrogen and oxygen atoms in total. The van der Waals surface area contributed by atoms with E-state index in [9.17, 15) is 13.2 Å². The predicted molar refractivity (Wildman–Crippen MR) is 125 cm³/mol. The maximum atomic E-state index is 13.3. The number of benzene rings is 2. The third-order valence-electron chi connectivity index (χ3n) is 5.26. The lowest BCUT2D eigenvalue weighted by Gasteiger charge is -2.30. The van der Waals surface area contributed by atoms with Gasteiger partial charge in [-0.05, 0) is 75.4 Å². The maximum absolute atomic E-state index is 13.3. The molecule has 0 spiro atoms. The number of carbonyl (C=O) groups is 1. The number of anilines is 1. The zero-order chi connectivity index (χ0) is 23.1. The van der Waals surface area contributed by atoms with Crippen LogP contribution in [0.25, 0.3) is 0 Å². The van der Waals surface area contributed by atoms with Gasteiger partial charge in [-0.2, -0.15) is 0 Å². The highest BCUT2D eigenvalue weighted by Gasteiger charge is 2.29. The standard InChI is InChI=1S/C24H32N2O5S/c1-18(2)30-15-7-13-25-24(27)17-31-23-12-11-21(16-19(23)3)32(28,29)26-14-6-9-20-8-4-5-10-22(20)26/h4-5,8,10-12,16,18H,6-7,9,13-15,17H2,1-3H3,(H,25,27). The predicted octanol–water partition coefficient (Wildman–Crippen LogP) is 3.45. The third-order valence-corrected chi connectivity index (χ3v) is 7.06. The first kappa shape index (κ1) is 24.1. The number of hydrogen-bond acceptors (Lipinski definition) is 5. The summed E-state index contributed by atoms with van der Waals surface area (Å²) in [6.07, 6.45) is 2.57. The van der Waals surface area contributed by atoms with E-state index in [-0.39, 0.29) is 23.5 Å². The maximum Gasteiger partial charge on any atom is 0.264 e. The van der Waals surface area contributed by atoms with Crippen LogP contribution in [-0.4, -0.2) is 46.7 Å². The Labute approximate surface area is 190 Å². The molecule has 0 aromatic heterocycles. The summed E-state index contributed by atoms with van der Waals surface area (Å²) in [6.45, 7) is 7.15. The zero-order valence-electron chi connectivity index (χ0n) is 19.0. The first-order valence-electron chi connectivity index (χ1n) is 11.0. The Hall–Kier alpha value is -2.58. The van der Waals surface area contributed by atoms with E-state index in [1.807, 2.05) is 38.1 Å². The Morgan fingerprint density at radius 2 is 1.97 bits per heavy atom. The van der Waals surface area contributed by atoms with E-state index < -0.39 is 10.0 Å². The zero-order valence-corrected chi connectivity index (χ0v) is 19.8. The molecule has 32 heavy (non-hydrogen) atoms.